The average molecular weight is 191 g/mol. The van der Waals surface area contributed by atoms with Crippen molar-refractivity contribution in [3.63, 3.8) is 0 Å². The zero-order valence-electron chi connectivity index (χ0n) is 8.77. The van der Waals surface area contributed by atoms with Gasteiger partial charge >= 0.3 is 0 Å². The molecule has 0 aliphatic rings. The molecule has 76 valence electrons. The van der Waals surface area contributed by atoms with Gasteiger partial charge in [-0.3, -0.25) is 9.98 Å². The van der Waals surface area contributed by atoms with Crippen LogP contribution in [0.3, 0.4) is 0 Å². The molecule has 0 atom stereocenters. The Kier molecular flexibility index (Phi) is 4.11. The predicted octanol–water partition coefficient (Wildman–Crippen LogP) is 1.64. The second-order valence-electron chi connectivity index (χ2n) is 3.72. The standard InChI is InChI=1S/C11H17N3/c1-9(2)8-14-11(12)7-10-5-3-4-6-13-10/h3-6,9H,7-8H2,1-2H3,(H2,12,14). The van der Waals surface area contributed by atoms with Crippen LogP contribution < -0.4 is 5.73 Å². The van der Waals surface area contributed by atoms with Crippen molar-refractivity contribution >= 4 is 5.84 Å². The molecular weight excluding hydrogens is 174 g/mol. The quantitative estimate of drug-likeness (QED) is 0.581. The third-order valence-corrected chi connectivity index (χ3v) is 1.75. The van der Waals surface area contributed by atoms with Gasteiger partial charge in [-0.25, -0.2) is 0 Å². The second kappa shape index (κ2) is 5.37. The molecule has 0 radical (unpaired) electrons. The van der Waals surface area contributed by atoms with Gasteiger partial charge in [-0.2, -0.15) is 0 Å². The van der Waals surface area contributed by atoms with E-state index in [4.69, 9.17) is 5.73 Å². The second-order valence-corrected chi connectivity index (χ2v) is 3.72. The van der Waals surface area contributed by atoms with Gasteiger partial charge in [0.1, 0.15) is 0 Å². The van der Waals surface area contributed by atoms with E-state index < -0.39 is 0 Å². The minimum Gasteiger partial charge on any atom is -0.387 e. The fraction of sp³-hybridized carbons (Fsp3) is 0.455. The molecule has 1 rings (SSSR count). The zero-order chi connectivity index (χ0) is 10.4. The first-order chi connectivity index (χ1) is 6.68. The van der Waals surface area contributed by atoms with Gasteiger partial charge in [0.2, 0.25) is 0 Å². The molecule has 0 aliphatic carbocycles. The first-order valence-electron chi connectivity index (χ1n) is 4.87. The van der Waals surface area contributed by atoms with Gasteiger partial charge < -0.3 is 5.73 Å². The van der Waals surface area contributed by atoms with Crippen LogP contribution in [0.5, 0.6) is 0 Å². The van der Waals surface area contributed by atoms with Gasteiger partial charge in [-0.1, -0.05) is 19.9 Å². The molecule has 3 heteroatoms. The summed E-state index contributed by atoms with van der Waals surface area (Å²) < 4.78 is 0. The Bertz CT molecular complexity index is 291. The van der Waals surface area contributed by atoms with E-state index in [0.717, 1.165) is 12.2 Å². The number of aromatic nitrogens is 1. The summed E-state index contributed by atoms with van der Waals surface area (Å²) in [7, 11) is 0. The van der Waals surface area contributed by atoms with Crippen molar-refractivity contribution in [2.75, 3.05) is 6.54 Å². The molecule has 1 aromatic rings. The third kappa shape index (κ3) is 4.03. The number of hydrogen-bond donors (Lipinski definition) is 1. The highest BCUT2D eigenvalue weighted by atomic mass is 14.9. The molecule has 0 saturated carbocycles. The normalized spacial score (nSPS) is 12.1. The van der Waals surface area contributed by atoms with Crippen molar-refractivity contribution < 1.29 is 0 Å². The van der Waals surface area contributed by atoms with Gasteiger partial charge in [0.25, 0.3) is 0 Å². The van der Waals surface area contributed by atoms with Gasteiger partial charge in [-0.15, -0.1) is 0 Å². The van der Waals surface area contributed by atoms with Crippen LogP contribution in [-0.4, -0.2) is 17.4 Å². The molecule has 1 heterocycles. The Balaban J connectivity index is 2.49. The van der Waals surface area contributed by atoms with Crippen LogP contribution in [0.4, 0.5) is 0 Å². The lowest BCUT2D eigenvalue weighted by Crippen LogP contribution is -2.17. The van der Waals surface area contributed by atoms with Crippen molar-refractivity contribution in [2.45, 2.75) is 20.3 Å². The van der Waals surface area contributed by atoms with Crippen molar-refractivity contribution in [1.29, 1.82) is 0 Å². The van der Waals surface area contributed by atoms with E-state index in [1.54, 1.807) is 6.20 Å². The Hall–Kier alpha value is -1.38. The van der Waals surface area contributed by atoms with Crippen molar-refractivity contribution in [3.05, 3.63) is 30.1 Å². The summed E-state index contributed by atoms with van der Waals surface area (Å²) in [6.07, 6.45) is 2.42. The number of rotatable bonds is 4. The largest absolute Gasteiger partial charge is 0.387 e. The number of aliphatic imine (C=N–C) groups is 1. The fourth-order valence-corrected chi connectivity index (χ4v) is 1.04. The number of nitrogens with two attached hydrogens (primary N) is 1. The summed E-state index contributed by atoms with van der Waals surface area (Å²) in [5.74, 6) is 1.22. The van der Waals surface area contributed by atoms with Gasteiger partial charge in [0.05, 0.1) is 5.84 Å². The lowest BCUT2D eigenvalue weighted by molar-refractivity contribution is 0.664. The summed E-state index contributed by atoms with van der Waals surface area (Å²) in [5.41, 5.74) is 6.73. The van der Waals surface area contributed by atoms with Crippen molar-refractivity contribution in [3.8, 4) is 0 Å². The number of hydrogen-bond acceptors (Lipinski definition) is 2. The van der Waals surface area contributed by atoms with E-state index in [2.05, 4.69) is 23.8 Å². The Morgan fingerprint density at radius 2 is 2.29 bits per heavy atom. The molecule has 0 amide bonds. The lowest BCUT2D eigenvalue weighted by Gasteiger charge is -2.02. The minimum atomic E-state index is 0.553. The van der Waals surface area contributed by atoms with Crippen LogP contribution in [-0.2, 0) is 6.42 Å². The van der Waals surface area contributed by atoms with Crippen LogP contribution in [0.15, 0.2) is 29.4 Å². The monoisotopic (exact) mass is 191 g/mol. The molecule has 0 spiro atoms. The smallest absolute Gasteiger partial charge is 0.0997 e. The van der Waals surface area contributed by atoms with E-state index >= 15 is 0 Å². The maximum Gasteiger partial charge on any atom is 0.0997 e. The van der Waals surface area contributed by atoms with Gasteiger partial charge in [0, 0.05) is 24.9 Å². The summed E-state index contributed by atoms with van der Waals surface area (Å²) in [6.45, 7) is 5.04. The van der Waals surface area contributed by atoms with Crippen LogP contribution in [0.1, 0.15) is 19.5 Å². The van der Waals surface area contributed by atoms with Gasteiger partial charge in [-0.05, 0) is 18.1 Å². The van der Waals surface area contributed by atoms with Crippen LogP contribution in [0.25, 0.3) is 0 Å². The highest BCUT2D eigenvalue weighted by molar-refractivity contribution is 5.82. The Labute approximate surface area is 85.1 Å². The summed E-state index contributed by atoms with van der Waals surface area (Å²) >= 11 is 0. The van der Waals surface area contributed by atoms with E-state index in [1.165, 1.54) is 0 Å². The number of nitrogens with zero attached hydrogens (tertiary/aromatic N) is 2. The molecule has 0 aliphatic heterocycles. The first kappa shape index (κ1) is 10.7. The summed E-state index contributed by atoms with van der Waals surface area (Å²) in [5, 5.41) is 0. The third-order valence-electron chi connectivity index (χ3n) is 1.75. The van der Waals surface area contributed by atoms with E-state index in [-0.39, 0.29) is 0 Å². The molecule has 0 bridgehead atoms. The van der Waals surface area contributed by atoms with Gasteiger partial charge in [0.15, 0.2) is 0 Å². The topological polar surface area (TPSA) is 51.3 Å². The van der Waals surface area contributed by atoms with E-state index in [1.807, 2.05) is 18.2 Å². The molecule has 2 N–H and O–H groups in total. The maximum absolute atomic E-state index is 5.76. The van der Waals surface area contributed by atoms with Crippen LogP contribution in [0, 0.1) is 5.92 Å². The Morgan fingerprint density at radius 1 is 1.50 bits per heavy atom. The molecular formula is C11H17N3. The highest BCUT2D eigenvalue weighted by Gasteiger charge is 1.97. The molecule has 14 heavy (non-hydrogen) atoms. The molecule has 0 unspecified atom stereocenters. The fourth-order valence-electron chi connectivity index (χ4n) is 1.04. The predicted molar refractivity (Wildman–Crippen MR) is 59.3 cm³/mol. The summed E-state index contributed by atoms with van der Waals surface area (Å²) in [4.78, 5) is 8.46. The van der Waals surface area contributed by atoms with Crippen LogP contribution in [0.2, 0.25) is 0 Å². The molecule has 1 aromatic heterocycles. The molecule has 0 aromatic carbocycles. The number of pyridine rings is 1. The summed E-state index contributed by atoms with van der Waals surface area (Å²) in [6, 6.07) is 5.81. The molecule has 0 saturated heterocycles. The first-order valence-corrected chi connectivity index (χ1v) is 4.87. The van der Waals surface area contributed by atoms with Crippen LogP contribution >= 0.6 is 0 Å². The average Bonchev–Trinajstić information content (AvgIpc) is 2.16. The molecule has 3 nitrogen and oxygen atoms in total. The maximum atomic E-state index is 5.76. The minimum absolute atomic E-state index is 0.553. The molecule has 0 fully saturated rings. The van der Waals surface area contributed by atoms with E-state index in [9.17, 15) is 0 Å². The zero-order valence-corrected chi connectivity index (χ0v) is 8.77. The van der Waals surface area contributed by atoms with E-state index in [0.29, 0.717) is 18.2 Å². The number of amidine groups is 1. The van der Waals surface area contributed by atoms with Crippen molar-refractivity contribution in [1.82, 2.24) is 4.98 Å². The Morgan fingerprint density at radius 3 is 2.86 bits per heavy atom. The highest BCUT2D eigenvalue weighted by Crippen LogP contribution is 1.96. The van der Waals surface area contributed by atoms with Crippen molar-refractivity contribution in [2.24, 2.45) is 16.6 Å². The lowest BCUT2D eigenvalue weighted by atomic mass is 10.2. The SMILES string of the molecule is CC(C)CN=C(N)Cc1ccccn1.